The number of alkyl halides is 1. The molecule has 2 aromatic rings. The van der Waals surface area contributed by atoms with Gasteiger partial charge >= 0.3 is 0 Å². The number of benzene rings is 2. The summed E-state index contributed by atoms with van der Waals surface area (Å²) in [4.78, 5) is 0. The van der Waals surface area contributed by atoms with Crippen molar-refractivity contribution >= 4 is 27.5 Å². The molecule has 20 heavy (non-hydrogen) atoms. The van der Waals surface area contributed by atoms with Gasteiger partial charge in [-0.3, -0.25) is 0 Å². The van der Waals surface area contributed by atoms with Crippen molar-refractivity contribution in [1.29, 1.82) is 0 Å². The minimum Gasteiger partial charge on any atom is -0.207 e. The van der Waals surface area contributed by atoms with Gasteiger partial charge in [0.25, 0.3) is 0 Å². The Morgan fingerprint density at radius 3 is 2.30 bits per heavy atom. The van der Waals surface area contributed by atoms with Crippen molar-refractivity contribution in [2.45, 2.75) is 25.6 Å². The molecule has 0 heterocycles. The fraction of sp³-hybridized carbons (Fsp3) is 0.294. The Bertz CT molecular complexity index is 578. The van der Waals surface area contributed by atoms with Crippen LogP contribution >= 0.6 is 27.5 Å². The third-order valence-corrected chi connectivity index (χ3v) is 4.13. The molecule has 3 heteroatoms. The lowest BCUT2D eigenvalue weighted by molar-refractivity contribution is 0.611. The number of hydrogen-bond acceptors (Lipinski definition) is 0. The minimum atomic E-state index is -0.462. The molecule has 0 saturated carbocycles. The van der Waals surface area contributed by atoms with E-state index in [1.165, 1.54) is 11.6 Å². The molecule has 0 aliphatic heterocycles. The fourth-order valence-corrected chi connectivity index (χ4v) is 2.84. The van der Waals surface area contributed by atoms with Gasteiger partial charge in [-0.1, -0.05) is 60.1 Å². The van der Waals surface area contributed by atoms with Crippen molar-refractivity contribution in [2.75, 3.05) is 0 Å². The zero-order valence-corrected chi connectivity index (χ0v) is 13.9. The summed E-state index contributed by atoms with van der Waals surface area (Å²) in [6.07, 6.45) is 1.04. The number of halogens is 3. The lowest BCUT2D eigenvalue weighted by Gasteiger charge is -2.13. The van der Waals surface area contributed by atoms with E-state index in [1.54, 1.807) is 12.1 Å². The van der Waals surface area contributed by atoms with Gasteiger partial charge in [0, 0.05) is 10.0 Å². The van der Waals surface area contributed by atoms with Gasteiger partial charge in [0.15, 0.2) is 0 Å². The van der Waals surface area contributed by atoms with Gasteiger partial charge in [0.2, 0.25) is 0 Å². The molecule has 0 aromatic heterocycles. The van der Waals surface area contributed by atoms with Gasteiger partial charge in [0.1, 0.15) is 5.82 Å². The van der Waals surface area contributed by atoms with Crippen molar-refractivity contribution in [2.24, 2.45) is 5.92 Å². The average molecular weight is 356 g/mol. The van der Waals surface area contributed by atoms with E-state index in [9.17, 15) is 4.39 Å². The second kappa shape index (κ2) is 6.73. The third kappa shape index (κ3) is 3.83. The molecule has 2 rings (SSSR count). The van der Waals surface area contributed by atoms with Gasteiger partial charge in [-0.15, -0.1) is 11.6 Å². The molecule has 0 saturated heterocycles. The highest BCUT2D eigenvalue weighted by Crippen LogP contribution is 2.32. The maximum atomic E-state index is 13.9. The van der Waals surface area contributed by atoms with Crippen LogP contribution in [-0.4, -0.2) is 0 Å². The highest BCUT2D eigenvalue weighted by atomic mass is 79.9. The fourth-order valence-electron chi connectivity index (χ4n) is 2.18. The molecule has 106 valence electrons. The summed E-state index contributed by atoms with van der Waals surface area (Å²) in [5.74, 6) is 0.335. The van der Waals surface area contributed by atoms with Crippen molar-refractivity contribution in [3.8, 4) is 0 Å². The van der Waals surface area contributed by atoms with Crippen LogP contribution in [-0.2, 0) is 6.42 Å². The molecule has 0 fully saturated rings. The topological polar surface area (TPSA) is 0 Å². The number of rotatable bonds is 4. The molecule has 0 N–H and O–H groups in total. The predicted octanol–water partition coefficient (Wildman–Crippen LogP) is 6.11. The van der Waals surface area contributed by atoms with Gasteiger partial charge in [-0.2, -0.15) is 0 Å². The van der Waals surface area contributed by atoms with Crippen LogP contribution in [0.5, 0.6) is 0 Å². The smallest absolute Gasteiger partial charge is 0.129 e. The van der Waals surface area contributed by atoms with E-state index >= 15 is 0 Å². The molecule has 1 atom stereocenters. The summed E-state index contributed by atoms with van der Waals surface area (Å²) in [7, 11) is 0. The maximum Gasteiger partial charge on any atom is 0.129 e. The average Bonchev–Trinajstić information content (AvgIpc) is 2.38. The van der Waals surface area contributed by atoms with E-state index < -0.39 is 5.38 Å². The Morgan fingerprint density at radius 1 is 1.10 bits per heavy atom. The SMILES string of the molecule is CC(C)Cc1ccc(C(Cl)c2ccc(Br)cc2F)cc1. The normalized spacial score (nSPS) is 12.7. The first-order valence-electron chi connectivity index (χ1n) is 6.65. The van der Waals surface area contributed by atoms with Crippen LogP contribution in [0.15, 0.2) is 46.9 Å². The van der Waals surface area contributed by atoms with Crippen LogP contribution < -0.4 is 0 Å². The quantitative estimate of drug-likeness (QED) is 0.580. The molecule has 1 unspecified atom stereocenters. The Hall–Kier alpha value is -0.860. The van der Waals surface area contributed by atoms with E-state index in [1.807, 2.05) is 12.1 Å². The lowest BCUT2D eigenvalue weighted by atomic mass is 9.99. The van der Waals surface area contributed by atoms with Gasteiger partial charge in [-0.05, 0) is 35.6 Å². The molecule has 0 aliphatic carbocycles. The lowest BCUT2D eigenvalue weighted by Crippen LogP contribution is -1.98. The molecular formula is C17H17BrClF. The zero-order valence-electron chi connectivity index (χ0n) is 11.5. The first kappa shape index (κ1) is 15.5. The Balaban J connectivity index is 2.22. The van der Waals surface area contributed by atoms with Crippen molar-refractivity contribution in [1.82, 2.24) is 0 Å². The summed E-state index contributed by atoms with van der Waals surface area (Å²) in [6.45, 7) is 4.38. The summed E-state index contributed by atoms with van der Waals surface area (Å²) in [5.41, 5.74) is 2.70. The number of hydrogen-bond donors (Lipinski definition) is 0. The molecule has 0 amide bonds. The molecule has 0 aliphatic rings. The third-order valence-electron chi connectivity index (χ3n) is 3.15. The maximum absolute atomic E-state index is 13.9. The van der Waals surface area contributed by atoms with Gasteiger partial charge in [-0.25, -0.2) is 4.39 Å². The Morgan fingerprint density at radius 2 is 1.75 bits per heavy atom. The highest BCUT2D eigenvalue weighted by Gasteiger charge is 2.15. The van der Waals surface area contributed by atoms with Gasteiger partial charge in [0.05, 0.1) is 5.38 Å². The van der Waals surface area contributed by atoms with E-state index in [0.717, 1.165) is 16.5 Å². The molecule has 0 radical (unpaired) electrons. The standard InChI is InChI=1S/C17H17BrClF/c1-11(2)9-12-3-5-13(6-4-12)17(19)15-8-7-14(18)10-16(15)20/h3-8,10-11,17H,9H2,1-2H3. The monoisotopic (exact) mass is 354 g/mol. The second-order valence-electron chi connectivity index (χ2n) is 5.37. The Kier molecular flexibility index (Phi) is 5.22. The van der Waals surface area contributed by atoms with E-state index in [0.29, 0.717) is 11.5 Å². The minimum absolute atomic E-state index is 0.286. The van der Waals surface area contributed by atoms with Crippen molar-refractivity contribution in [3.05, 3.63) is 69.4 Å². The van der Waals surface area contributed by atoms with Crippen LogP contribution in [0.4, 0.5) is 4.39 Å². The van der Waals surface area contributed by atoms with Crippen LogP contribution in [0.1, 0.15) is 35.9 Å². The van der Waals surface area contributed by atoms with Crippen LogP contribution in [0.2, 0.25) is 0 Å². The largest absolute Gasteiger partial charge is 0.207 e. The van der Waals surface area contributed by atoms with Crippen molar-refractivity contribution in [3.63, 3.8) is 0 Å². The molecule has 0 nitrogen and oxygen atoms in total. The van der Waals surface area contributed by atoms with Crippen molar-refractivity contribution < 1.29 is 4.39 Å². The van der Waals surface area contributed by atoms with E-state index in [4.69, 9.17) is 11.6 Å². The second-order valence-corrected chi connectivity index (χ2v) is 6.72. The summed E-state index contributed by atoms with van der Waals surface area (Å²) < 4.78 is 14.6. The van der Waals surface area contributed by atoms with Gasteiger partial charge < -0.3 is 0 Å². The molecule has 2 aromatic carbocycles. The van der Waals surface area contributed by atoms with E-state index in [-0.39, 0.29) is 5.82 Å². The molecule has 0 bridgehead atoms. The zero-order chi connectivity index (χ0) is 14.7. The predicted molar refractivity (Wildman–Crippen MR) is 86.8 cm³/mol. The summed E-state index contributed by atoms with van der Waals surface area (Å²) >= 11 is 9.64. The van der Waals surface area contributed by atoms with Crippen LogP contribution in [0, 0.1) is 11.7 Å². The van der Waals surface area contributed by atoms with Crippen LogP contribution in [0.3, 0.4) is 0 Å². The van der Waals surface area contributed by atoms with E-state index in [2.05, 4.69) is 41.9 Å². The summed E-state index contributed by atoms with van der Waals surface area (Å²) in [5, 5.41) is -0.462. The molecule has 0 spiro atoms. The molecular weight excluding hydrogens is 339 g/mol. The first-order chi connectivity index (χ1) is 9.47. The first-order valence-corrected chi connectivity index (χ1v) is 7.88. The highest BCUT2D eigenvalue weighted by molar-refractivity contribution is 9.10. The Labute approximate surface area is 133 Å². The van der Waals surface area contributed by atoms with Crippen LogP contribution in [0.25, 0.3) is 0 Å². The summed E-state index contributed by atoms with van der Waals surface area (Å²) in [6, 6.07) is 13.1.